The molecule has 0 bridgehead atoms. The maximum absolute atomic E-state index is 11.9. The minimum atomic E-state index is -0.590. The van der Waals surface area contributed by atoms with Crippen LogP contribution in [-0.4, -0.2) is 37.6 Å². The van der Waals surface area contributed by atoms with E-state index in [0.717, 1.165) is 16.8 Å². The lowest BCUT2D eigenvalue weighted by molar-refractivity contribution is -0.385. The van der Waals surface area contributed by atoms with Gasteiger partial charge in [-0.05, 0) is 35.1 Å². The lowest BCUT2D eigenvalue weighted by atomic mass is 10.1. The Balaban J connectivity index is 1.52. The summed E-state index contributed by atoms with van der Waals surface area (Å²) in [4.78, 5) is 30.9. The topological polar surface area (TPSA) is 142 Å². The number of carbonyl (C=O) groups excluding carboxylic acids is 1. The molecule has 0 atom stereocenters. The van der Waals surface area contributed by atoms with Crippen LogP contribution < -0.4 is 10.1 Å². The molecule has 0 radical (unpaired) electrons. The molecule has 0 fully saturated rings. The van der Waals surface area contributed by atoms with Gasteiger partial charge in [-0.3, -0.25) is 14.9 Å². The van der Waals surface area contributed by atoms with Gasteiger partial charge in [-0.1, -0.05) is 47.0 Å². The van der Waals surface area contributed by atoms with E-state index in [-0.39, 0.29) is 29.8 Å². The van der Waals surface area contributed by atoms with Gasteiger partial charge in [0.05, 0.1) is 12.0 Å². The molecule has 0 amide bonds. The molecule has 0 spiro atoms. The van der Waals surface area contributed by atoms with Crippen LogP contribution in [0.15, 0.2) is 60.2 Å². The third kappa shape index (κ3) is 5.92. The molecular weight excluding hydrogens is 472 g/mol. The molecule has 0 aliphatic heterocycles. The van der Waals surface area contributed by atoms with Crippen molar-refractivity contribution in [2.45, 2.75) is 19.4 Å². The summed E-state index contributed by atoms with van der Waals surface area (Å²) < 4.78 is 14.4. The number of anilines is 1. The molecule has 178 valence electrons. The fraction of sp³-hybridized carbons (Fsp3) is 0.174. The second-order valence-electron chi connectivity index (χ2n) is 7.26. The second kappa shape index (κ2) is 11.1. The Kier molecular flexibility index (Phi) is 7.53. The molecule has 2 aromatic carbocycles. The fourth-order valence-electron chi connectivity index (χ4n) is 3.25. The second-order valence-corrected chi connectivity index (χ2v) is 7.87. The Morgan fingerprint density at radius 2 is 1.94 bits per heavy atom. The van der Waals surface area contributed by atoms with Gasteiger partial charge in [0.25, 0.3) is 0 Å². The van der Waals surface area contributed by atoms with Crippen molar-refractivity contribution in [1.29, 1.82) is 0 Å². The van der Waals surface area contributed by atoms with Crippen molar-refractivity contribution in [2.75, 3.05) is 12.4 Å². The van der Waals surface area contributed by atoms with E-state index in [9.17, 15) is 14.9 Å². The van der Waals surface area contributed by atoms with Gasteiger partial charge >= 0.3 is 17.5 Å². The van der Waals surface area contributed by atoms with Gasteiger partial charge < -0.3 is 14.8 Å². The van der Waals surface area contributed by atoms with Crippen molar-refractivity contribution in [1.82, 2.24) is 19.6 Å². The maximum Gasteiger partial charge on any atom is 0.373 e. The van der Waals surface area contributed by atoms with Gasteiger partial charge in [-0.25, -0.2) is 4.98 Å². The first-order chi connectivity index (χ1) is 17.0. The number of methoxy groups -OCH3 is 1. The number of aromatic nitrogens is 4. The number of hydrogen-bond acceptors (Lipinski definition) is 11. The van der Waals surface area contributed by atoms with Crippen LogP contribution in [0.1, 0.15) is 17.5 Å². The minimum Gasteiger partial charge on any atom is -0.469 e. The van der Waals surface area contributed by atoms with Gasteiger partial charge in [0.15, 0.2) is 0 Å². The molecule has 4 aromatic rings. The number of nitrogens with zero attached hydrogens (tertiary/aromatic N) is 5. The van der Waals surface area contributed by atoms with Crippen LogP contribution in [0, 0.1) is 10.1 Å². The molecule has 12 heteroatoms. The highest BCUT2D eigenvalue weighted by Crippen LogP contribution is 2.35. The van der Waals surface area contributed by atoms with Crippen LogP contribution >= 0.6 is 11.5 Å². The van der Waals surface area contributed by atoms with E-state index < -0.39 is 4.92 Å². The lowest BCUT2D eigenvalue weighted by Gasteiger charge is -2.12. The predicted octanol–water partition coefficient (Wildman–Crippen LogP) is 4.41. The smallest absolute Gasteiger partial charge is 0.373 e. The number of esters is 1. The number of para-hydroxylation sites is 1. The summed E-state index contributed by atoms with van der Waals surface area (Å²) in [7, 11) is 1.32. The highest BCUT2D eigenvalue weighted by atomic mass is 32.1. The largest absolute Gasteiger partial charge is 0.469 e. The standard InChI is InChI=1S/C23H20N6O5S/c1-33-20(30)11-10-17-4-2-3-5-19(17)34-23-21(29(31)32)22(25-14-26-23)24-12-15-6-8-16(9-7-15)18-13-35-28-27-18/h2-9,13-14H,10-12H2,1H3,(H,24,25,26). The molecule has 35 heavy (non-hydrogen) atoms. The average molecular weight is 493 g/mol. The highest BCUT2D eigenvalue weighted by molar-refractivity contribution is 7.03. The van der Waals surface area contributed by atoms with Crippen molar-refractivity contribution in [3.05, 3.63) is 81.5 Å². The monoisotopic (exact) mass is 492 g/mol. The predicted molar refractivity (Wildman–Crippen MR) is 128 cm³/mol. The summed E-state index contributed by atoms with van der Waals surface area (Å²) >= 11 is 1.27. The molecule has 2 aromatic heterocycles. The first-order valence-electron chi connectivity index (χ1n) is 10.5. The Hall–Kier alpha value is -4.45. The summed E-state index contributed by atoms with van der Waals surface area (Å²) in [5.74, 6) is -0.184. The fourth-order valence-corrected chi connectivity index (χ4v) is 3.72. The number of benzene rings is 2. The number of nitro groups is 1. The molecule has 0 unspecified atom stereocenters. The van der Waals surface area contributed by atoms with Gasteiger partial charge in [0.2, 0.25) is 5.82 Å². The molecule has 11 nitrogen and oxygen atoms in total. The van der Waals surface area contributed by atoms with E-state index in [4.69, 9.17) is 4.74 Å². The molecule has 0 aliphatic rings. The van der Waals surface area contributed by atoms with Crippen molar-refractivity contribution in [3.8, 4) is 22.9 Å². The van der Waals surface area contributed by atoms with E-state index in [2.05, 4.69) is 29.6 Å². The lowest BCUT2D eigenvalue weighted by Crippen LogP contribution is -2.07. The molecule has 2 heterocycles. The Morgan fingerprint density at radius 1 is 1.14 bits per heavy atom. The maximum atomic E-state index is 11.9. The van der Waals surface area contributed by atoms with Crippen LogP contribution in [0.5, 0.6) is 11.6 Å². The molecule has 4 rings (SSSR count). The van der Waals surface area contributed by atoms with Gasteiger partial charge in [0, 0.05) is 23.9 Å². The number of hydrogen-bond donors (Lipinski definition) is 1. The third-order valence-electron chi connectivity index (χ3n) is 5.05. The summed E-state index contributed by atoms with van der Waals surface area (Å²) in [5, 5.41) is 20.8. The van der Waals surface area contributed by atoms with Crippen molar-refractivity contribution in [3.63, 3.8) is 0 Å². The number of carbonyl (C=O) groups is 1. The molecule has 1 N–H and O–H groups in total. The van der Waals surface area contributed by atoms with E-state index in [1.807, 2.05) is 29.6 Å². The van der Waals surface area contributed by atoms with Gasteiger partial charge in [0.1, 0.15) is 17.8 Å². The summed E-state index contributed by atoms with van der Waals surface area (Å²) in [6, 6.07) is 14.5. The molecular formula is C23H20N6O5S. The van der Waals surface area contributed by atoms with E-state index in [1.165, 1.54) is 25.0 Å². The molecule has 0 saturated carbocycles. The number of aryl methyl sites for hydroxylation is 1. The summed E-state index contributed by atoms with van der Waals surface area (Å²) in [6.07, 6.45) is 1.69. The van der Waals surface area contributed by atoms with Crippen LogP contribution in [0.4, 0.5) is 11.5 Å². The van der Waals surface area contributed by atoms with Crippen molar-refractivity contribution in [2.24, 2.45) is 0 Å². The van der Waals surface area contributed by atoms with Gasteiger partial charge in [-0.2, -0.15) is 4.98 Å². The first kappa shape index (κ1) is 23.7. The van der Waals surface area contributed by atoms with Crippen LogP contribution in [0.3, 0.4) is 0 Å². The van der Waals surface area contributed by atoms with E-state index in [0.29, 0.717) is 24.3 Å². The number of nitrogens with one attached hydrogen (secondary N) is 1. The zero-order valence-corrected chi connectivity index (χ0v) is 19.4. The van der Waals surface area contributed by atoms with E-state index in [1.54, 1.807) is 24.3 Å². The molecule has 0 aliphatic carbocycles. The highest BCUT2D eigenvalue weighted by Gasteiger charge is 2.25. The zero-order valence-electron chi connectivity index (χ0n) is 18.6. The average Bonchev–Trinajstić information content (AvgIpc) is 3.42. The number of ether oxygens (including phenoxy) is 2. The van der Waals surface area contributed by atoms with Crippen LogP contribution in [0.2, 0.25) is 0 Å². The normalized spacial score (nSPS) is 10.5. The SMILES string of the molecule is COC(=O)CCc1ccccc1Oc1ncnc(NCc2ccc(-c3csnn3)cc2)c1[N+](=O)[O-]. The molecule has 0 saturated heterocycles. The Bertz CT molecular complexity index is 1310. The van der Waals surface area contributed by atoms with Crippen LogP contribution in [-0.2, 0) is 22.5 Å². The Morgan fingerprint density at radius 3 is 2.66 bits per heavy atom. The van der Waals surface area contributed by atoms with Crippen LogP contribution in [0.25, 0.3) is 11.3 Å². The quantitative estimate of drug-likeness (QED) is 0.192. The first-order valence-corrected chi connectivity index (χ1v) is 11.3. The number of rotatable bonds is 10. The van der Waals surface area contributed by atoms with Gasteiger partial charge in [-0.15, -0.1) is 5.10 Å². The Labute approximate surface area is 204 Å². The summed E-state index contributed by atoms with van der Waals surface area (Å²) in [6.45, 7) is 0.294. The third-order valence-corrected chi connectivity index (χ3v) is 5.55. The van der Waals surface area contributed by atoms with Crippen molar-refractivity contribution >= 4 is 29.0 Å². The summed E-state index contributed by atoms with van der Waals surface area (Å²) in [5.41, 5.74) is 2.91. The minimum absolute atomic E-state index is 0.0276. The van der Waals surface area contributed by atoms with E-state index >= 15 is 0 Å². The van der Waals surface area contributed by atoms with Crippen molar-refractivity contribution < 1.29 is 19.2 Å². The zero-order chi connectivity index (χ0) is 24.6.